The molecule has 0 bridgehead atoms. The van der Waals surface area contributed by atoms with Crippen molar-refractivity contribution in [2.75, 3.05) is 33.8 Å². The van der Waals surface area contributed by atoms with Gasteiger partial charge in [-0.15, -0.1) is 0 Å². The fourth-order valence-corrected chi connectivity index (χ4v) is 3.41. The summed E-state index contributed by atoms with van der Waals surface area (Å²) in [4.78, 5) is 6.67. The number of halogens is 1. The molecule has 6 nitrogen and oxygen atoms in total. The van der Waals surface area contributed by atoms with Crippen LogP contribution in [0.5, 0.6) is 0 Å². The number of benzene rings is 1. The molecule has 1 saturated heterocycles. The Morgan fingerprint density at radius 1 is 1.42 bits per heavy atom. The molecule has 1 N–H and O–H groups in total. The van der Waals surface area contributed by atoms with E-state index in [4.69, 9.17) is 4.74 Å². The van der Waals surface area contributed by atoms with Gasteiger partial charge in [0.05, 0.1) is 12.3 Å². The van der Waals surface area contributed by atoms with Gasteiger partial charge in [-0.3, -0.25) is 9.67 Å². The van der Waals surface area contributed by atoms with Crippen LogP contribution in [0.25, 0.3) is 0 Å². The molecule has 1 fully saturated rings. The van der Waals surface area contributed by atoms with Crippen LogP contribution in [-0.2, 0) is 11.8 Å². The zero-order chi connectivity index (χ0) is 18.5. The number of hydrogen-bond acceptors (Lipinski definition) is 3. The van der Waals surface area contributed by atoms with Gasteiger partial charge in [0.1, 0.15) is 5.82 Å². The normalized spacial score (nSPS) is 19.0. The second-order valence-electron chi connectivity index (χ2n) is 6.58. The Balaban J connectivity index is 1.58. The number of ether oxygens (including phenoxy) is 1. The molecule has 7 heteroatoms. The zero-order valence-corrected chi connectivity index (χ0v) is 15.5. The van der Waals surface area contributed by atoms with Crippen LogP contribution in [0, 0.1) is 5.82 Å². The summed E-state index contributed by atoms with van der Waals surface area (Å²) in [6, 6.07) is 6.41. The molecule has 0 amide bonds. The lowest BCUT2D eigenvalue weighted by Gasteiger charge is -2.24. The van der Waals surface area contributed by atoms with Crippen LogP contribution in [0.3, 0.4) is 0 Å². The fraction of sp³-hybridized carbons (Fsp3) is 0.474. The van der Waals surface area contributed by atoms with Crippen LogP contribution in [0.2, 0.25) is 0 Å². The van der Waals surface area contributed by atoms with Crippen LogP contribution < -0.4 is 5.32 Å². The zero-order valence-electron chi connectivity index (χ0n) is 15.5. The lowest BCUT2D eigenvalue weighted by atomic mass is 10.0. The smallest absolute Gasteiger partial charge is 0.193 e. The highest BCUT2D eigenvalue weighted by Crippen LogP contribution is 2.26. The molecular weight excluding hydrogens is 333 g/mol. The number of aromatic nitrogens is 2. The van der Waals surface area contributed by atoms with E-state index >= 15 is 0 Å². The molecule has 0 radical (unpaired) electrons. The topological polar surface area (TPSA) is 54.7 Å². The van der Waals surface area contributed by atoms with Crippen molar-refractivity contribution >= 4 is 5.96 Å². The Hall–Kier alpha value is -2.41. The minimum atomic E-state index is -0.245. The van der Waals surface area contributed by atoms with Gasteiger partial charge in [-0.25, -0.2) is 4.39 Å². The van der Waals surface area contributed by atoms with E-state index < -0.39 is 0 Å². The van der Waals surface area contributed by atoms with Crippen molar-refractivity contribution in [1.82, 2.24) is 20.0 Å². The highest BCUT2D eigenvalue weighted by atomic mass is 19.1. The van der Waals surface area contributed by atoms with E-state index in [9.17, 15) is 4.39 Å². The average Bonchev–Trinajstić information content (AvgIpc) is 3.29. The molecule has 2 atom stereocenters. The third kappa shape index (κ3) is 4.22. The van der Waals surface area contributed by atoms with Gasteiger partial charge in [-0.1, -0.05) is 12.1 Å². The van der Waals surface area contributed by atoms with E-state index in [1.165, 1.54) is 17.7 Å². The maximum atomic E-state index is 13.1. The predicted octanol–water partition coefficient (Wildman–Crippen LogP) is 2.31. The summed E-state index contributed by atoms with van der Waals surface area (Å²) < 4.78 is 20.5. The van der Waals surface area contributed by atoms with Gasteiger partial charge in [-0.05, 0) is 29.7 Å². The minimum absolute atomic E-state index is 0.163. The maximum Gasteiger partial charge on any atom is 0.193 e. The van der Waals surface area contributed by atoms with Crippen molar-refractivity contribution < 1.29 is 9.13 Å². The van der Waals surface area contributed by atoms with Crippen molar-refractivity contribution in [3.63, 3.8) is 0 Å². The third-order valence-electron chi connectivity index (χ3n) is 4.87. The first-order chi connectivity index (χ1) is 12.6. The Morgan fingerprint density at radius 3 is 2.81 bits per heavy atom. The van der Waals surface area contributed by atoms with Crippen LogP contribution in [-0.4, -0.2) is 54.4 Å². The van der Waals surface area contributed by atoms with Crippen molar-refractivity contribution in [1.29, 1.82) is 0 Å². The fourth-order valence-electron chi connectivity index (χ4n) is 3.41. The Morgan fingerprint density at radius 2 is 2.19 bits per heavy atom. The van der Waals surface area contributed by atoms with E-state index in [1.54, 1.807) is 26.3 Å². The highest BCUT2D eigenvalue weighted by molar-refractivity contribution is 5.80. The molecule has 2 aromatic rings. The summed E-state index contributed by atoms with van der Waals surface area (Å²) >= 11 is 0. The second-order valence-corrected chi connectivity index (χ2v) is 6.58. The van der Waals surface area contributed by atoms with E-state index in [-0.39, 0.29) is 11.9 Å². The Labute approximate surface area is 153 Å². The van der Waals surface area contributed by atoms with Crippen LogP contribution in [0.1, 0.15) is 29.6 Å². The molecule has 2 heterocycles. The largest absolute Gasteiger partial charge is 0.375 e. The predicted molar refractivity (Wildman–Crippen MR) is 99.7 cm³/mol. The monoisotopic (exact) mass is 359 g/mol. The van der Waals surface area contributed by atoms with Gasteiger partial charge < -0.3 is 15.0 Å². The number of methoxy groups -OCH3 is 1. The second kappa shape index (κ2) is 8.31. The van der Waals surface area contributed by atoms with Crippen molar-refractivity contribution in [2.45, 2.75) is 18.4 Å². The minimum Gasteiger partial charge on any atom is -0.375 e. The average molecular weight is 359 g/mol. The van der Waals surface area contributed by atoms with E-state index in [0.29, 0.717) is 12.5 Å². The first-order valence-electron chi connectivity index (χ1n) is 8.83. The molecule has 1 aliphatic heterocycles. The van der Waals surface area contributed by atoms with Crippen molar-refractivity contribution in [2.24, 2.45) is 12.0 Å². The summed E-state index contributed by atoms with van der Waals surface area (Å²) in [5, 5.41) is 7.66. The van der Waals surface area contributed by atoms with Crippen molar-refractivity contribution in [3.05, 3.63) is 53.6 Å². The quantitative estimate of drug-likeness (QED) is 0.658. The molecule has 3 rings (SSSR count). The number of guanidine groups is 1. The van der Waals surface area contributed by atoms with E-state index in [0.717, 1.165) is 31.0 Å². The van der Waals surface area contributed by atoms with Crippen LogP contribution in [0.15, 0.2) is 41.7 Å². The molecule has 140 valence electrons. The van der Waals surface area contributed by atoms with Crippen molar-refractivity contribution in [3.8, 4) is 0 Å². The standard InChI is InChI=1S/C19H26FN5O/c1-21-19(22-11-18(26-3)14-4-6-17(20)7-5-14)25-9-8-15(13-25)16-10-23-24(2)12-16/h4-7,10,12,15,18H,8-9,11,13H2,1-3H3,(H,21,22). The van der Waals surface area contributed by atoms with E-state index in [2.05, 4.69) is 26.5 Å². The summed E-state index contributed by atoms with van der Waals surface area (Å²) in [6.07, 6.45) is 4.95. The number of rotatable bonds is 5. The van der Waals surface area contributed by atoms with Gasteiger partial charge in [0.25, 0.3) is 0 Å². The molecular formula is C19H26FN5O. The van der Waals surface area contributed by atoms with E-state index in [1.807, 2.05) is 17.9 Å². The molecule has 26 heavy (non-hydrogen) atoms. The Bertz CT molecular complexity index is 743. The molecule has 1 aromatic carbocycles. The molecule has 1 aromatic heterocycles. The molecule has 0 spiro atoms. The van der Waals surface area contributed by atoms with Gasteiger partial charge in [-0.2, -0.15) is 5.10 Å². The molecule has 0 saturated carbocycles. The molecule has 2 unspecified atom stereocenters. The van der Waals surface area contributed by atoms with Gasteiger partial charge in [0.15, 0.2) is 5.96 Å². The first-order valence-corrected chi connectivity index (χ1v) is 8.83. The summed E-state index contributed by atoms with van der Waals surface area (Å²) in [7, 11) is 5.39. The van der Waals surface area contributed by atoms with Gasteiger partial charge >= 0.3 is 0 Å². The number of aliphatic imine (C=N–C) groups is 1. The molecule has 1 aliphatic rings. The molecule has 0 aliphatic carbocycles. The first kappa shape index (κ1) is 18.4. The van der Waals surface area contributed by atoms with Crippen LogP contribution >= 0.6 is 0 Å². The third-order valence-corrected chi connectivity index (χ3v) is 4.87. The lowest BCUT2D eigenvalue weighted by Crippen LogP contribution is -2.41. The number of hydrogen-bond donors (Lipinski definition) is 1. The highest BCUT2D eigenvalue weighted by Gasteiger charge is 2.27. The van der Waals surface area contributed by atoms with Gasteiger partial charge in [0.2, 0.25) is 0 Å². The van der Waals surface area contributed by atoms with Gasteiger partial charge in [0, 0.05) is 53.0 Å². The number of nitrogens with zero attached hydrogens (tertiary/aromatic N) is 4. The number of aryl methyl sites for hydroxylation is 1. The summed E-state index contributed by atoms with van der Waals surface area (Å²) in [6.45, 7) is 2.44. The summed E-state index contributed by atoms with van der Waals surface area (Å²) in [5.41, 5.74) is 2.21. The van der Waals surface area contributed by atoms with Crippen LogP contribution in [0.4, 0.5) is 4.39 Å². The SMILES string of the molecule is CN=C(NCC(OC)c1ccc(F)cc1)N1CCC(c2cnn(C)c2)C1. The lowest BCUT2D eigenvalue weighted by molar-refractivity contribution is 0.106. The number of likely N-dealkylation sites (tertiary alicyclic amines) is 1. The maximum absolute atomic E-state index is 13.1. The summed E-state index contributed by atoms with van der Waals surface area (Å²) in [5.74, 6) is 1.09. The number of nitrogens with one attached hydrogen (secondary N) is 1. The Kier molecular flexibility index (Phi) is 5.88.